The van der Waals surface area contributed by atoms with Gasteiger partial charge in [-0.1, -0.05) is 97.1 Å². The van der Waals surface area contributed by atoms with E-state index in [2.05, 4.69) is 131 Å². The molecule has 2 unspecified atom stereocenters. The van der Waals surface area contributed by atoms with E-state index in [1.807, 2.05) is 36.7 Å². The van der Waals surface area contributed by atoms with E-state index in [0.717, 1.165) is 33.9 Å². The van der Waals surface area contributed by atoms with Gasteiger partial charge in [0, 0.05) is 12.4 Å². The molecule has 5 aromatic carbocycles. The first-order valence-electron chi connectivity index (χ1n) is 16.7. The topological polar surface area (TPSA) is 41.6 Å². The molecule has 0 aliphatic heterocycles. The first-order chi connectivity index (χ1) is 23.8. The maximum atomic E-state index is 4.97. The fraction of sp³-hybridized carbons (Fsp3) is 0.0667. The van der Waals surface area contributed by atoms with Crippen LogP contribution >= 0.6 is 0 Å². The van der Waals surface area contributed by atoms with Crippen LogP contribution in [0.4, 0.5) is 0 Å². The van der Waals surface area contributed by atoms with Gasteiger partial charge in [-0.25, -0.2) is 4.98 Å². The van der Waals surface area contributed by atoms with Crippen molar-refractivity contribution in [2.75, 3.05) is 0 Å². The van der Waals surface area contributed by atoms with Gasteiger partial charge in [-0.05, 0) is 133 Å². The Morgan fingerprint density at radius 1 is 0.479 bits per heavy atom. The predicted octanol–water partition coefficient (Wildman–Crippen LogP) is 11.5. The van der Waals surface area contributed by atoms with E-state index in [1.54, 1.807) is 0 Å². The molecule has 0 radical (unpaired) electrons. The van der Waals surface area contributed by atoms with Crippen LogP contribution in [0.5, 0.6) is 0 Å². The fourth-order valence-corrected chi connectivity index (χ4v) is 7.85. The summed E-state index contributed by atoms with van der Waals surface area (Å²) in [5, 5.41) is 2.72. The van der Waals surface area contributed by atoms with E-state index in [-0.39, 0.29) is 0 Å². The lowest BCUT2D eigenvalue weighted by molar-refractivity contribution is 1.02. The number of pyridine rings is 2. The molecule has 2 atom stereocenters. The number of rotatable bonds is 5. The Kier molecular flexibility index (Phi) is 6.07. The first-order valence-corrected chi connectivity index (χ1v) is 16.7. The third-order valence-corrected chi connectivity index (χ3v) is 10.3. The minimum absolute atomic E-state index is 0.602. The maximum Gasteiger partial charge on any atom is 0.0900 e. The number of hydrogen-bond donors (Lipinski definition) is 1. The summed E-state index contributed by atoms with van der Waals surface area (Å²) in [5.41, 5.74) is 16.7. The van der Waals surface area contributed by atoms with Crippen molar-refractivity contribution in [1.82, 2.24) is 15.0 Å². The van der Waals surface area contributed by atoms with Crippen LogP contribution in [0.3, 0.4) is 0 Å². The Morgan fingerprint density at radius 3 is 2.04 bits per heavy atom. The van der Waals surface area contributed by atoms with Crippen molar-refractivity contribution in [2.24, 2.45) is 0 Å². The number of hydrogen-bond acceptors (Lipinski definition) is 2. The van der Waals surface area contributed by atoms with Crippen molar-refractivity contribution in [3.63, 3.8) is 0 Å². The lowest BCUT2D eigenvalue weighted by atomic mass is 9.79. The Balaban J connectivity index is 1.11. The average Bonchev–Trinajstić information content (AvgIpc) is 3.77. The summed E-state index contributed by atoms with van der Waals surface area (Å²) >= 11 is 0. The van der Waals surface area contributed by atoms with Crippen molar-refractivity contribution >= 4 is 10.8 Å². The molecule has 3 heterocycles. The largest absolute Gasteiger partial charge is 0.360 e. The highest BCUT2D eigenvalue weighted by molar-refractivity contribution is 6.05. The van der Waals surface area contributed by atoms with Crippen molar-refractivity contribution in [2.45, 2.75) is 18.3 Å². The molecule has 10 rings (SSSR count). The van der Waals surface area contributed by atoms with Crippen molar-refractivity contribution in [1.29, 1.82) is 0 Å². The third kappa shape index (κ3) is 4.43. The van der Waals surface area contributed by atoms with E-state index in [1.165, 1.54) is 61.7 Å². The number of nitrogens with one attached hydrogen (secondary N) is 1. The Morgan fingerprint density at radius 2 is 1.23 bits per heavy atom. The summed E-state index contributed by atoms with van der Waals surface area (Å²) in [7, 11) is 0. The van der Waals surface area contributed by atoms with Crippen LogP contribution in [0.15, 0.2) is 158 Å². The minimum atomic E-state index is 0.602. The molecule has 0 amide bonds. The molecule has 3 aromatic heterocycles. The SMILES string of the molecule is c1ccc(-c2ccc3c(c2)-c2cc(-c4ccc(-c5cc(-c6ccccn6)nc(-c6ccc[nH]6)c5)cc4)c4ccccc4c2C2CC32)cc1. The van der Waals surface area contributed by atoms with Gasteiger partial charge in [-0.3, -0.25) is 4.98 Å². The number of fused-ring (bicyclic) bond motifs is 8. The van der Waals surface area contributed by atoms with Gasteiger partial charge in [0.05, 0.1) is 22.8 Å². The molecular weight excluding hydrogens is 583 g/mol. The van der Waals surface area contributed by atoms with E-state index in [9.17, 15) is 0 Å². The fourth-order valence-electron chi connectivity index (χ4n) is 7.85. The number of benzene rings is 5. The quantitative estimate of drug-likeness (QED) is 0.210. The molecule has 1 fully saturated rings. The van der Waals surface area contributed by atoms with E-state index < -0.39 is 0 Å². The van der Waals surface area contributed by atoms with Gasteiger partial charge in [0.2, 0.25) is 0 Å². The molecule has 0 saturated heterocycles. The number of H-pyrrole nitrogens is 1. The highest BCUT2D eigenvalue weighted by atomic mass is 14.8. The molecule has 8 aromatic rings. The summed E-state index contributed by atoms with van der Waals surface area (Å²) < 4.78 is 0. The highest BCUT2D eigenvalue weighted by Gasteiger charge is 2.46. The minimum Gasteiger partial charge on any atom is -0.360 e. The number of aromatic nitrogens is 3. The van der Waals surface area contributed by atoms with Crippen LogP contribution in [0.25, 0.3) is 78.1 Å². The van der Waals surface area contributed by atoms with Gasteiger partial charge in [0.1, 0.15) is 0 Å². The third-order valence-electron chi connectivity index (χ3n) is 10.3. The zero-order valence-corrected chi connectivity index (χ0v) is 26.3. The van der Waals surface area contributed by atoms with Gasteiger partial charge < -0.3 is 4.98 Å². The molecule has 2 aliphatic rings. The molecule has 0 spiro atoms. The van der Waals surface area contributed by atoms with Crippen LogP contribution < -0.4 is 0 Å². The normalized spacial score (nSPS) is 15.8. The monoisotopic (exact) mass is 613 g/mol. The average molecular weight is 614 g/mol. The second kappa shape index (κ2) is 10.8. The van der Waals surface area contributed by atoms with E-state index in [0.29, 0.717) is 11.8 Å². The lowest BCUT2D eigenvalue weighted by Crippen LogP contribution is -2.02. The Bertz CT molecular complexity index is 2460. The molecule has 3 heteroatoms. The Hall–Kier alpha value is -6.06. The predicted molar refractivity (Wildman–Crippen MR) is 197 cm³/mol. The van der Waals surface area contributed by atoms with Gasteiger partial charge in [-0.15, -0.1) is 0 Å². The molecule has 1 saturated carbocycles. The molecule has 0 bridgehead atoms. The second-order valence-electron chi connectivity index (χ2n) is 13.1. The number of nitrogens with zero attached hydrogens (tertiary/aromatic N) is 2. The maximum absolute atomic E-state index is 4.97. The number of aromatic amines is 1. The van der Waals surface area contributed by atoms with Gasteiger partial charge >= 0.3 is 0 Å². The van der Waals surface area contributed by atoms with Gasteiger partial charge in [0.25, 0.3) is 0 Å². The molecular formula is C45H31N3. The summed E-state index contributed by atoms with van der Waals surface area (Å²) in [6, 6.07) is 52.8. The van der Waals surface area contributed by atoms with Crippen molar-refractivity contribution < 1.29 is 0 Å². The lowest BCUT2D eigenvalue weighted by Gasteiger charge is -2.24. The van der Waals surface area contributed by atoms with Crippen molar-refractivity contribution in [3.05, 3.63) is 169 Å². The first kappa shape index (κ1) is 27.1. The molecule has 3 nitrogen and oxygen atoms in total. The highest BCUT2D eigenvalue weighted by Crippen LogP contribution is 2.64. The van der Waals surface area contributed by atoms with Crippen LogP contribution in [-0.2, 0) is 0 Å². The standard InChI is InChI=1S/C45H31N3/c1-2-9-28(10-3-1)31-19-20-34-37(23-31)39-26-36(33-11-4-5-12-35(33)45(39)40-27-38(34)40)30-17-15-29(16-18-30)32-24-43(41-13-6-7-21-46-41)48-44(25-32)42-14-8-22-47-42/h1-26,38,40,47H,27H2. The zero-order chi connectivity index (χ0) is 31.6. The van der Waals surface area contributed by atoms with Gasteiger partial charge in [0.15, 0.2) is 0 Å². The Labute approximate surface area is 279 Å². The van der Waals surface area contributed by atoms with Crippen LogP contribution in [0.2, 0.25) is 0 Å². The summed E-state index contributed by atoms with van der Waals surface area (Å²) in [6.07, 6.45) is 4.99. The summed E-state index contributed by atoms with van der Waals surface area (Å²) in [4.78, 5) is 12.9. The van der Waals surface area contributed by atoms with Crippen molar-refractivity contribution in [3.8, 4) is 67.3 Å². The molecule has 1 N–H and O–H groups in total. The molecule has 2 aliphatic carbocycles. The molecule has 48 heavy (non-hydrogen) atoms. The summed E-state index contributed by atoms with van der Waals surface area (Å²) in [6.45, 7) is 0. The smallest absolute Gasteiger partial charge is 0.0900 e. The summed E-state index contributed by atoms with van der Waals surface area (Å²) in [5.74, 6) is 1.23. The van der Waals surface area contributed by atoms with Gasteiger partial charge in [-0.2, -0.15) is 0 Å². The van der Waals surface area contributed by atoms with Crippen LogP contribution in [-0.4, -0.2) is 15.0 Å². The second-order valence-corrected chi connectivity index (χ2v) is 13.1. The van der Waals surface area contributed by atoms with E-state index in [4.69, 9.17) is 4.98 Å². The van der Waals surface area contributed by atoms with Crippen LogP contribution in [0, 0.1) is 0 Å². The van der Waals surface area contributed by atoms with Crippen LogP contribution in [0.1, 0.15) is 29.4 Å². The van der Waals surface area contributed by atoms with E-state index >= 15 is 0 Å². The zero-order valence-electron chi connectivity index (χ0n) is 26.3. The molecule has 226 valence electrons.